The van der Waals surface area contributed by atoms with Gasteiger partial charge in [0.25, 0.3) is 0 Å². The van der Waals surface area contributed by atoms with Gasteiger partial charge in [-0.3, -0.25) is 4.21 Å². The fraction of sp³-hybridized carbons (Fsp3) is 0.400. The van der Waals surface area contributed by atoms with Crippen molar-refractivity contribution in [3.63, 3.8) is 0 Å². The quantitative estimate of drug-likeness (QED) is 0.574. The van der Waals surface area contributed by atoms with Crippen LogP contribution in [0.2, 0.25) is 0 Å². The van der Waals surface area contributed by atoms with Crippen LogP contribution in [0.15, 0.2) is 57.7 Å². The normalized spacial score (nSPS) is 21.4. The van der Waals surface area contributed by atoms with Gasteiger partial charge in [0.1, 0.15) is 16.5 Å². The minimum atomic E-state index is -1.14. The molecule has 0 spiro atoms. The molecule has 3 aliphatic rings. The zero-order chi connectivity index (χ0) is 24.4. The third-order valence-corrected chi connectivity index (χ3v) is 7.71. The molecule has 2 unspecified atom stereocenters. The predicted octanol–water partition coefficient (Wildman–Crippen LogP) is 4.23. The SMILES string of the molecule is CC.O=S1CCc2nc(N3CCN(c4noc5ccccc45)CC3)nc(NC3C=C(F)C=CC3)c21. The maximum absolute atomic E-state index is 13.7. The van der Waals surface area contributed by atoms with E-state index in [9.17, 15) is 8.60 Å². The van der Waals surface area contributed by atoms with Crippen molar-refractivity contribution in [3.05, 3.63) is 54.0 Å². The number of piperazine rings is 1. The largest absolute Gasteiger partial charge is 0.362 e. The number of anilines is 3. The van der Waals surface area contributed by atoms with E-state index < -0.39 is 10.8 Å². The lowest BCUT2D eigenvalue weighted by Gasteiger charge is -2.35. The van der Waals surface area contributed by atoms with E-state index in [2.05, 4.69) is 20.3 Å². The summed E-state index contributed by atoms with van der Waals surface area (Å²) in [5.74, 6) is 2.30. The molecule has 0 radical (unpaired) electrons. The molecule has 35 heavy (non-hydrogen) atoms. The summed E-state index contributed by atoms with van der Waals surface area (Å²) in [4.78, 5) is 14.5. The monoisotopic (exact) mass is 496 g/mol. The number of aromatic nitrogens is 3. The Labute approximate surface area is 206 Å². The van der Waals surface area contributed by atoms with Crippen LogP contribution >= 0.6 is 0 Å². The molecule has 8 nitrogen and oxygen atoms in total. The van der Waals surface area contributed by atoms with Gasteiger partial charge in [-0.05, 0) is 30.7 Å². The number of hydrogen-bond acceptors (Lipinski definition) is 8. The summed E-state index contributed by atoms with van der Waals surface area (Å²) >= 11 is 0. The molecule has 1 aliphatic carbocycles. The van der Waals surface area contributed by atoms with Gasteiger partial charge in [0.2, 0.25) is 5.95 Å². The molecule has 1 N–H and O–H groups in total. The maximum atomic E-state index is 13.7. The Hall–Kier alpha value is -3.27. The standard InChI is InChI=1S/C23H23FN6O2S.C2H6/c24-15-4-3-5-16(14-15)25-21-20-18(8-13-33(20)31)26-23(27-21)30-11-9-29(10-12-30)22-17-6-1-2-7-19(17)32-28-22;1-2/h1-4,6-7,14,16H,5,8-13H2,(H,25,26,27);1-2H3. The molecule has 0 bridgehead atoms. The van der Waals surface area contributed by atoms with E-state index >= 15 is 0 Å². The summed E-state index contributed by atoms with van der Waals surface area (Å²) in [6.07, 6.45) is 6.10. The van der Waals surface area contributed by atoms with Crippen molar-refractivity contribution < 1.29 is 13.1 Å². The number of allylic oxidation sites excluding steroid dienone is 2. The highest BCUT2D eigenvalue weighted by Gasteiger charge is 2.30. The van der Waals surface area contributed by atoms with Crippen LogP contribution in [0.4, 0.5) is 22.0 Å². The van der Waals surface area contributed by atoms with Crippen LogP contribution in [-0.2, 0) is 17.2 Å². The summed E-state index contributed by atoms with van der Waals surface area (Å²) in [7, 11) is -1.14. The molecule has 1 fully saturated rings. The van der Waals surface area contributed by atoms with E-state index in [0.717, 1.165) is 48.7 Å². The van der Waals surface area contributed by atoms with E-state index in [4.69, 9.17) is 14.5 Å². The first kappa shape index (κ1) is 23.5. The lowest BCUT2D eigenvalue weighted by molar-refractivity contribution is 0.452. The number of fused-ring (bicyclic) bond motifs is 2. The van der Waals surface area contributed by atoms with Gasteiger partial charge in [-0.1, -0.05) is 37.2 Å². The van der Waals surface area contributed by atoms with Crippen molar-refractivity contribution in [2.75, 3.05) is 47.0 Å². The highest BCUT2D eigenvalue weighted by molar-refractivity contribution is 7.85. The van der Waals surface area contributed by atoms with E-state index in [1.807, 2.05) is 38.1 Å². The average molecular weight is 497 g/mol. The van der Waals surface area contributed by atoms with Gasteiger partial charge in [0, 0.05) is 38.4 Å². The lowest BCUT2D eigenvalue weighted by Crippen LogP contribution is -2.47. The van der Waals surface area contributed by atoms with Gasteiger partial charge in [0.15, 0.2) is 11.4 Å². The smallest absolute Gasteiger partial charge is 0.227 e. The molecular weight excluding hydrogens is 467 g/mol. The Balaban J connectivity index is 0.00000124. The highest BCUT2D eigenvalue weighted by Crippen LogP contribution is 2.32. The summed E-state index contributed by atoms with van der Waals surface area (Å²) in [5, 5.41) is 8.58. The Morgan fingerprint density at radius 3 is 2.69 bits per heavy atom. The number of rotatable bonds is 4. The number of nitrogens with zero attached hydrogens (tertiary/aromatic N) is 5. The number of aryl methyl sites for hydroxylation is 1. The minimum Gasteiger partial charge on any atom is -0.362 e. The van der Waals surface area contributed by atoms with Crippen LogP contribution in [0.3, 0.4) is 0 Å². The number of hydrogen-bond donors (Lipinski definition) is 1. The summed E-state index contributed by atoms with van der Waals surface area (Å²) in [5.41, 5.74) is 1.60. The van der Waals surface area contributed by atoms with Crippen molar-refractivity contribution >= 4 is 39.4 Å². The van der Waals surface area contributed by atoms with E-state index in [1.54, 1.807) is 6.08 Å². The van der Waals surface area contributed by atoms with E-state index in [1.165, 1.54) is 12.2 Å². The van der Waals surface area contributed by atoms with Gasteiger partial charge in [-0.25, -0.2) is 9.37 Å². The first-order valence-electron chi connectivity index (χ1n) is 12.1. The summed E-state index contributed by atoms with van der Waals surface area (Å²) in [6.45, 7) is 6.96. The number of nitrogens with one attached hydrogen (secondary N) is 1. The zero-order valence-corrected chi connectivity index (χ0v) is 20.7. The first-order valence-corrected chi connectivity index (χ1v) is 13.4. The number of para-hydroxylation sites is 1. The van der Waals surface area contributed by atoms with Crippen LogP contribution in [0.5, 0.6) is 0 Å². The Kier molecular flexibility index (Phi) is 6.81. The van der Waals surface area contributed by atoms with Crippen molar-refractivity contribution in [1.82, 2.24) is 15.1 Å². The second kappa shape index (κ2) is 10.2. The van der Waals surface area contributed by atoms with E-state index in [0.29, 0.717) is 35.3 Å². The predicted molar refractivity (Wildman–Crippen MR) is 137 cm³/mol. The second-order valence-corrected chi connectivity index (χ2v) is 9.87. The molecule has 2 aromatic heterocycles. The Morgan fingerprint density at radius 1 is 1.11 bits per heavy atom. The molecule has 1 saturated heterocycles. The first-order chi connectivity index (χ1) is 17.2. The average Bonchev–Trinajstić information content (AvgIpc) is 3.49. The lowest BCUT2D eigenvalue weighted by atomic mass is 10.1. The van der Waals surface area contributed by atoms with Gasteiger partial charge in [-0.15, -0.1) is 0 Å². The van der Waals surface area contributed by atoms with Crippen LogP contribution in [0, 0.1) is 0 Å². The molecule has 4 heterocycles. The van der Waals surface area contributed by atoms with Crippen molar-refractivity contribution in [1.29, 1.82) is 0 Å². The number of benzene rings is 1. The van der Waals surface area contributed by atoms with Gasteiger partial charge in [0.05, 0.1) is 27.9 Å². The van der Waals surface area contributed by atoms with E-state index in [-0.39, 0.29) is 11.9 Å². The maximum Gasteiger partial charge on any atom is 0.227 e. The molecule has 2 aliphatic heterocycles. The van der Waals surface area contributed by atoms with Crippen molar-refractivity contribution in [3.8, 4) is 0 Å². The molecule has 3 aromatic rings. The number of halogens is 1. The Bertz CT molecular complexity index is 1300. The molecule has 184 valence electrons. The molecule has 0 amide bonds. The van der Waals surface area contributed by atoms with Gasteiger partial charge < -0.3 is 19.6 Å². The van der Waals surface area contributed by atoms with Gasteiger partial charge in [-0.2, -0.15) is 4.98 Å². The van der Waals surface area contributed by atoms with Crippen LogP contribution in [0.1, 0.15) is 26.0 Å². The minimum absolute atomic E-state index is 0.225. The van der Waals surface area contributed by atoms with Crippen molar-refractivity contribution in [2.24, 2.45) is 0 Å². The van der Waals surface area contributed by atoms with Crippen molar-refractivity contribution in [2.45, 2.75) is 37.6 Å². The van der Waals surface area contributed by atoms with Crippen LogP contribution in [-0.4, -0.2) is 57.3 Å². The van der Waals surface area contributed by atoms with Crippen LogP contribution in [0.25, 0.3) is 11.0 Å². The molecular formula is C25H29FN6O2S. The topological polar surface area (TPSA) is 87.4 Å². The molecule has 0 saturated carbocycles. The molecule has 1 aromatic carbocycles. The molecule has 10 heteroatoms. The third kappa shape index (κ3) is 4.67. The summed E-state index contributed by atoms with van der Waals surface area (Å²) in [6, 6.07) is 7.64. The fourth-order valence-corrected chi connectivity index (χ4v) is 5.87. The third-order valence-electron chi connectivity index (χ3n) is 6.25. The zero-order valence-electron chi connectivity index (χ0n) is 19.9. The summed E-state index contributed by atoms with van der Waals surface area (Å²) < 4.78 is 31.8. The highest BCUT2D eigenvalue weighted by atomic mass is 32.2. The molecule has 2 atom stereocenters. The fourth-order valence-electron chi connectivity index (χ4n) is 4.56. The Morgan fingerprint density at radius 2 is 1.89 bits per heavy atom. The van der Waals surface area contributed by atoms with Gasteiger partial charge >= 0.3 is 0 Å². The second-order valence-electron chi connectivity index (χ2n) is 8.36. The van der Waals surface area contributed by atoms with Crippen LogP contribution < -0.4 is 15.1 Å². The molecule has 6 rings (SSSR count).